The van der Waals surface area contributed by atoms with Gasteiger partial charge in [-0.05, 0) is 42.1 Å². The second-order valence-corrected chi connectivity index (χ2v) is 10.1. The number of halogens is 1. The van der Waals surface area contributed by atoms with Crippen LogP contribution >= 0.6 is 45.6 Å². The van der Waals surface area contributed by atoms with Crippen LogP contribution in [0.1, 0.15) is 27.1 Å². The normalized spacial score (nSPS) is 16.9. The quantitative estimate of drug-likeness (QED) is 0.524. The van der Waals surface area contributed by atoms with Crippen molar-refractivity contribution in [2.24, 2.45) is 5.10 Å². The van der Waals surface area contributed by atoms with Crippen LogP contribution in [0.5, 0.6) is 0 Å². The zero-order chi connectivity index (χ0) is 18.8. The third-order valence-corrected chi connectivity index (χ3v) is 7.41. The van der Waals surface area contributed by atoms with Gasteiger partial charge in [0, 0.05) is 22.7 Å². The second-order valence-electron chi connectivity index (χ2n) is 6.38. The summed E-state index contributed by atoms with van der Waals surface area (Å²) in [5.41, 5.74) is 0.990. The number of thiophene rings is 3. The Bertz CT molecular complexity index is 933. The summed E-state index contributed by atoms with van der Waals surface area (Å²) in [4.78, 5) is 18.5. The summed E-state index contributed by atoms with van der Waals surface area (Å²) in [5, 5.41) is 10.5. The Morgan fingerprint density at radius 2 is 2.07 bits per heavy atom. The van der Waals surface area contributed by atoms with Crippen molar-refractivity contribution >= 4 is 57.2 Å². The molecule has 8 heteroatoms. The zero-order valence-electron chi connectivity index (χ0n) is 14.7. The molecular formula is C19H18ClN3OS3. The number of carbonyl (C=O) groups is 1. The molecule has 0 fully saturated rings. The molecule has 0 aromatic carbocycles. The van der Waals surface area contributed by atoms with Gasteiger partial charge in [0.05, 0.1) is 27.5 Å². The summed E-state index contributed by atoms with van der Waals surface area (Å²) in [6, 6.07) is 12.1. The molecule has 1 aliphatic heterocycles. The van der Waals surface area contributed by atoms with Gasteiger partial charge in [-0.3, -0.25) is 9.69 Å². The van der Waals surface area contributed by atoms with Crippen LogP contribution in [0.25, 0.3) is 0 Å². The Morgan fingerprint density at radius 1 is 1.26 bits per heavy atom. The summed E-state index contributed by atoms with van der Waals surface area (Å²) in [7, 11) is 1.95. The molecule has 1 atom stereocenters. The van der Waals surface area contributed by atoms with Crippen LogP contribution in [0.15, 0.2) is 52.3 Å². The van der Waals surface area contributed by atoms with Crippen molar-refractivity contribution in [1.29, 1.82) is 0 Å². The number of likely N-dealkylation sites (N-methyl/N-ethyl adjacent to an activating group) is 1. The van der Waals surface area contributed by atoms with Gasteiger partial charge in [0.15, 0.2) is 0 Å². The summed E-state index contributed by atoms with van der Waals surface area (Å²) < 4.78 is 0.771. The van der Waals surface area contributed by atoms with E-state index in [9.17, 15) is 4.79 Å². The van der Waals surface area contributed by atoms with E-state index in [4.69, 9.17) is 16.7 Å². The molecule has 3 aromatic rings. The first-order valence-electron chi connectivity index (χ1n) is 8.50. The molecule has 4 nitrogen and oxygen atoms in total. The molecular weight excluding hydrogens is 418 g/mol. The molecule has 27 heavy (non-hydrogen) atoms. The van der Waals surface area contributed by atoms with Crippen molar-refractivity contribution in [2.75, 3.05) is 13.6 Å². The third-order valence-electron chi connectivity index (χ3n) is 4.30. The van der Waals surface area contributed by atoms with Gasteiger partial charge in [-0.15, -0.1) is 34.0 Å². The molecule has 140 valence electrons. The fourth-order valence-corrected chi connectivity index (χ4v) is 5.80. The highest BCUT2D eigenvalue weighted by Crippen LogP contribution is 2.36. The van der Waals surface area contributed by atoms with Gasteiger partial charge in [0.2, 0.25) is 0 Å². The van der Waals surface area contributed by atoms with E-state index < -0.39 is 0 Å². The Hall–Kier alpha value is -1.51. The van der Waals surface area contributed by atoms with Gasteiger partial charge < -0.3 is 0 Å². The van der Waals surface area contributed by atoms with E-state index in [-0.39, 0.29) is 11.9 Å². The van der Waals surface area contributed by atoms with Crippen molar-refractivity contribution in [2.45, 2.75) is 19.0 Å². The van der Waals surface area contributed by atoms with Gasteiger partial charge in [-0.25, -0.2) is 5.01 Å². The topological polar surface area (TPSA) is 35.9 Å². The lowest BCUT2D eigenvalue weighted by molar-refractivity contribution is -0.134. The first kappa shape index (κ1) is 18.8. The van der Waals surface area contributed by atoms with Crippen molar-refractivity contribution < 1.29 is 4.79 Å². The molecule has 4 heterocycles. The molecule has 0 saturated carbocycles. The lowest BCUT2D eigenvalue weighted by Gasteiger charge is -2.23. The van der Waals surface area contributed by atoms with Crippen molar-refractivity contribution in [3.05, 3.63) is 66.1 Å². The molecule has 4 rings (SSSR count). The Balaban J connectivity index is 1.50. The van der Waals surface area contributed by atoms with E-state index in [0.29, 0.717) is 13.1 Å². The third kappa shape index (κ3) is 4.33. The van der Waals surface area contributed by atoms with Crippen LogP contribution in [-0.4, -0.2) is 35.1 Å². The minimum Gasteiger partial charge on any atom is -0.292 e. The van der Waals surface area contributed by atoms with E-state index in [1.54, 1.807) is 39.0 Å². The van der Waals surface area contributed by atoms with E-state index in [1.807, 2.05) is 47.0 Å². The average molecular weight is 436 g/mol. The maximum Gasteiger partial charge on any atom is 0.257 e. The highest BCUT2D eigenvalue weighted by Gasteiger charge is 2.34. The Kier molecular flexibility index (Phi) is 5.75. The number of hydrogen-bond acceptors (Lipinski definition) is 6. The monoisotopic (exact) mass is 435 g/mol. The van der Waals surface area contributed by atoms with Crippen LogP contribution in [-0.2, 0) is 11.3 Å². The highest BCUT2D eigenvalue weighted by molar-refractivity contribution is 7.16. The van der Waals surface area contributed by atoms with Gasteiger partial charge >= 0.3 is 0 Å². The summed E-state index contributed by atoms with van der Waals surface area (Å²) in [5.74, 6) is 0.0186. The predicted molar refractivity (Wildman–Crippen MR) is 115 cm³/mol. The smallest absolute Gasteiger partial charge is 0.257 e. The number of amides is 1. The highest BCUT2D eigenvalue weighted by atomic mass is 35.5. The van der Waals surface area contributed by atoms with Gasteiger partial charge in [-0.2, -0.15) is 5.10 Å². The van der Waals surface area contributed by atoms with E-state index in [2.05, 4.69) is 12.1 Å². The summed E-state index contributed by atoms with van der Waals surface area (Å²) >= 11 is 10.9. The van der Waals surface area contributed by atoms with Crippen molar-refractivity contribution in [3.8, 4) is 0 Å². The van der Waals surface area contributed by atoms with Crippen LogP contribution < -0.4 is 0 Å². The van der Waals surface area contributed by atoms with E-state index in [0.717, 1.165) is 26.2 Å². The van der Waals surface area contributed by atoms with E-state index >= 15 is 0 Å². The first-order valence-corrected chi connectivity index (χ1v) is 11.4. The molecule has 1 amide bonds. The number of carbonyl (C=O) groups excluding carboxylic acids is 1. The van der Waals surface area contributed by atoms with Crippen LogP contribution in [0.3, 0.4) is 0 Å². The average Bonchev–Trinajstić information content (AvgIpc) is 3.41. The van der Waals surface area contributed by atoms with Gasteiger partial charge in [0.1, 0.15) is 0 Å². The SMILES string of the molecule is CN(CC(=O)N1N=C(c2cccs2)CC1c1cccs1)Cc1ccc(Cl)s1. The standard InChI is InChI=1S/C19H18ClN3OS3/c1-22(11-13-6-7-18(20)27-13)12-19(24)23-15(17-5-3-9-26-17)10-14(21-23)16-4-2-8-25-16/h2-9,15H,10-12H2,1H3. The van der Waals surface area contributed by atoms with Crippen molar-refractivity contribution in [3.63, 3.8) is 0 Å². The molecule has 3 aromatic heterocycles. The summed E-state index contributed by atoms with van der Waals surface area (Å²) in [6.07, 6.45) is 0.761. The van der Waals surface area contributed by atoms with Gasteiger partial charge in [0.25, 0.3) is 5.91 Å². The Morgan fingerprint density at radius 3 is 2.74 bits per heavy atom. The molecule has 1 unspecified atom stereocenters. The minimum absolute atomic E-state index is 0.0146. The summed E-state index contributed by atoms with van der Waals surface area (Å²) in [6.45, 7) is 1.01. The molecule has 0 aliphatic carbocycles. The number of nitrogens with zero attached hydrogens (tertiary/aromatic N) is 3. The molecule has 0 spiro atoms. The zero-order valence-corrected chi connectivity index (χ0v) is 17.9. The lowest BCUT2D eigenvalue weighted by Crippen LogP contribution is -2.35. The molecule has 1 aliphatic rings. The van der Waals surface area contributed by atoms with Crippen molar-refractivity contribution in [1.82, 2.24) is 9.91 Å². The van der Waals surface area contributed by atoms with Gasteiger partial charge in [-0.1, -0.05) is 23.7 Å². The fraction of sp³-hybridized carbons (Fsp3) is 0.263. The minimum atomic E-state index is -0.0146. The molecule has 0 bridgehead atoms. The first-order chi connectivity index (χ1) is 13.1. The fourth-order valence-electron chi connectivity index (χ4n) is 3.10. The number of hydrazone groups is 1. The largest absolute Gasteiger partial charge is 0.292 e. The predicted octanol–water partition coefficient (Wildman–Crippen LogP) is 5.33. The molecule has 0 N–H and O–H groups in total. The molecule has 0 radical (unpaired) electrons. The number of rotatable bonds is 6. The number of hydrogen-bond donors (Lipinski definition) is 0. The maximum atomic E-state index is 13.0. The van der Waals surface area contributed by atoms with Crippen LogP contribution in [0, 0.1) is 0 Å². The maximum absolute atomic E-state index is 13.0. The van der Waals surface area contributed by atoms with E-state index in [1.165, 1.54) is 4.88 Å². The second kappa shape index (κ2) is 8.24. The lowest BCUT2D eigenvalue weighted by atomic mass is 10.1. The van der Waals surface area contributed by atoms with Crippen LogP contribution in [0.4, 0.5) is 0 Å². The molecule has 0 saturated heterocycles. The van der Waals surface area contributed by atoms with Crippen LogP contribution in [0.2, 0.25) is 4.34 Å². The Labute approximate surface area is 175 Å².